The van der Waals surface area contributed by atoms with Crippen LogP contribution >= 0.6 is 15.9 Å². The van der Waals surface area contributed by atoms with Crippen molar-refractivity contribution < 1.29 is 23.5 Å². The van der Waals surface area contributed by atoms with Gasteiger partial charge in [0.15, 0.2) is 0 Å². The molecule has 0 radical (unpaired) electrons. The van der Waals surface area contributed by atoms with E-state index in [0.717, 1.165) is 24.0 Å². The molecule has 0 fully saturated rings. The molecule has 0 aliphatic heterocycles. The first-order valence-corrected chi connectivity index (χ1v) is 12.1. The number of para-hydroxylation sites is 1. The Labute approximate surface area is 224 Å². The van der Waals surface area contributed by atoms with E-state index in [4.69, 9.17) is 20.0 Å². The van der Waals surface area contributed by atoms with Crippen molar-refractivity contribution in [2.45, 2.75) is 13.0 Å². The first kappa shape index (κ1) is 29.2. The maximum absolute atomic E-state index is 12.5. The molecule has 0 aliphatic carbocycles. The summed E-state index contributed by atoms with van der Waals surface area (Å²) < 4.78 is 24.5. The number of halogens is 2. The Morgan fingerprint density at radius 2 is 1.41 bits per heavy atom. The second kappa shape index (κ2) is 16.6. The van der Waals surface area contributed by atoms with Crippen molar-refractivity contribution in [3.8, 4) is 11.5 Å². The minimum Gasteiger partial charge on any atom is -0.457 e. The maximum atomic E-state index is 12.5. The van der Waals surface area contributed by atoms with Gasteiger partial charge in [-0.25, -0.2) is 4.39 Å². The van der Waals surface area contributed by atoms with Gasteiger partial charge in [0.25, 0.3) is 0 Å². The summed E-state index contributed by atoms with van der Waals surface area (Å²) in [6.07, 6.45) is 1.15. The molecule has 37 heavy (non-hydrogen) atoms. The second-order valence-corrected chi connectivity index (χ2v) is 8.33. The van der Waals surface area contributed by atoms with Crippen LogP contribution in [0.4, 0.5) is 4.39 Å². The largest absolute Gasteiger partial charge is 0.457 e. The van der Waals surface area contributed by atoms with Crippen LogP contribution in [0.25, 0.3) is 0 Å². The van der Waals surface area contributed by atoms with Crippen molar-refractivity contribution in [3.63, 3.8) is 0 Å². The highest BCUT2D eigenvalue weighted by Gasteiger charge is 2.06. The Hall–Kier alpha value is -4.01. The normalized spacial score (nSPS) is 9.68. The van der Waals surface area contributed by atoms with Gasteiger partial charge in [-0.1, -0.05) is 60.7 Å². The predicted molar refractivity (Wildman–Crippen MR) is 146 cm³/mol. The summed E-state index contributed by atoms with van der Waals surface area (Å²) in [5.74, 6) is 0.593. The lowest BCUT2D eigenvalue weighted by Crippen LogP contribution is -2.11. The molecule has 0 bridgehead atoms. The topological polar surface area (TPSA) is 105 Å². The first-order chi connectivity index (χ1) is 17.9. The van der Waals surface area contributed by atoms with Gasteiger partial charge < -0.3 is 20.9 Å². The average molecular weight is 567 g/mol. The van der Waals surface area contributed by atoms with Gasteiger partial charge in [0.1, 0.15) is 17.3 Å². The molecule has 0 saturated heterocycles. The minimum absolute atomic E-state index is 0.157. The van der Waals surface area contributed by atoms with E-state index >= 15 is 0 Å². The molecular formula is C29H28BrFN2O4. The number of benzene rings is 4. The van der Waals surface area contributed by atoms with Crippen LogP contribution in [0, 0.1) is 5.82 Å². The van der Waals surface area contributed by atoms with Gasteiger partial charge in [0, 0.05) is 4.47 Å². The molecule has 4 rings (SSSR count). The Morgan fingerprint density at radius 3 is 1.97 bits per heavy atom. The highest BCUT2D eigenvalue weighted by Crippen LogP contribution is 2.21. The molecule has 4 aromatic rings. The lowest BCUT2D eigenvalue weighted by molar-refractivity contribution is -0.106. The number of hydrogen-bond acceptors (Lipinski definition) is 4. The van der Waals surface area contributed by atoms with E-state index in [0.29, 0.717) is 17.7 Å². The van der Waals surface area contributed by atoms with Gasteiger partial charge in [0.2, 0.25) is 12.3 Å². The number of carbonyl (C=O) groups excluding carboxylic acids is 2. The molecule has 4 N–H and O–H groups in total. The molecule has 8 heteroatoms. The van der Waals surface area contributed by atoms with E-state index in [1.54, 1.807) is 0 Å². The van der Waals surface area contributed by atoms with Crippen molar-refractivity contribution in [2.24, 2.45) is 11.5 Å². The molecular weight excluding hydrogens is 539 g/mol. The van der Waals surface area contributed by atoms with Crippen molar-refractivity contribution >= 4 is 28.2 Å². The third-order valence-corrected chi connectivity index (χ3v) is 5.43. The van der Waals surface area contributed by atoms with Crippen molar-refractivity contribution in [2.75, 3.05) is 6.61 Å². The van der Waals surface area contributed by atoms with Gasteiger partial charge in [-0.3, -0.25) is 9.59 Å². The number of nitrogens with two attached hydrogens (primary N) is 2. The fourth-order valence-electron chi connectivity index (χ4n) is 2.99. The zero-order valence-corrected chi connectivity index (χ0v) is 21.6. The molecule has 2 amide bonds. The van der Waals surface area contributed by atoms with E-state index in [9.17, 15) is 9.18 Å². The van der Waals surface area contributed by atoms with Crippen LogP contribution in [0.1, 0.15) is 21.5 Å². The molecule has 0 aliphatic rings. The lowest BCUT2D eigenvalue weighted by Gasteiger charge is -2.07. The van der Waals surface area contributed by atoms with Crippen molar-refractivity contribution in [1.82, 2.24) is 0 Å². The molecule has 0 saturated carbocycles. The Morgan fingerprint density at radius 1 is 0.838 bits per heavy atom. The third kappa shape index (κ3) is 11.5. The molecule has 0 unspecified atom stereocenters. The number of carbonyl (C=O) groups is 2. The summed E-state index contributed by atoms with van der Waals surface area (Å²) in [5, 5.41) is 0. The zero-order chi connectivity index (χ0) is 26.9. The fourth-order valence-corrected chi connectivity index (χ4v) is 3.43. The standard InChI is InChI=1S/C21H20O2.C7H5BrFNO.CH3NO/c1-3-7-19(8-4-1)17-22-16-15-18-11-13-21(14-12-18)23-20-9-5-2-6-10-20;8-6-2-1-4(9)3-5(6)7(10)11;2-1-3/h1-14H,15-17H2;1-3H,(H2,10,11);1H,(H2,2,3). The number of rotatable bonds is 8. The van der Waals surface area contributed by atoms with Crippen LogP contribution in [0.15, 0.2) is 108 Å². The average Bonchev–Trinajstić information content (AvgIpc) is 2.91. The van der Waals surface area contributed by atoms with Gasteiger partial charge in [-0.2, -0.15) is 0 Å². The zero-order valence-electron chi connectivity index (χ0n) is 20.1. The van der Waals surface area contributed by atoms with Gasteiger partial charge in [-0.05, 0) is 75.9 Å². The van der Waals surface area contributed by atoms with E-state index in [1.807, 2.05) is 60.7 Å². The summed E-state index contributed by atoms with van der Waals surface area (Å²) in [6.45, 7) is 1.38. The summed E-state index contributed by atoms with van der Waals surface area (Å²) in [4.78, 5) is 19.2. The highest BCUT2D eigenvalue weighted by molar-refractivity contribution is 9.10. The monoisotopic (exact) mass is 566 g/mol. The van der Waals surface area contributed by atoms with E-state index < -0.39 is 11.7 Å². The third-order valence-electron chi connectivity index (χ3n) is 4.74. The number of primary amides is 2. The van der Waals surface area contributed by atoms with Crippen LogP contribution in [0.3, 0.4) is 0 Å². The van der Waals surface area contributed by atoms with E-state index in [-0.39, 0.29) is 12.0 Å². The van der Waals surface area contributed by atoms with Crippen molar-refractivity contribution in [1.29, 1.82) is 0 Å². The van der Waals surface area contributed by atoms with E-state index in [1.165, 1.54) is 23.3 Å². The Balaban J connectivity index is 0.000000287. The highest BCUT2D eigenvalue weighted by atomic mass is 79.9. The summed E-state index contributed by atoms with van der Waals surface area (Å²) in [7, 11) is 0. The number of ether oxygens (including phenoxy) is 2. The molecule has 4 aromatic carbocycles. The van der Waals surface area contributed by atoms with Crippen molar-refractivity contribution in [3.05, 3.63) is 130 Å². The molecule has 0 spiro atoms. The van der Waals surface area contributed by atoms with Crippen LogP contribution in [0.5, 0.6) is 11.5 Å². The SMILES string of the molecule is NC(=O)c1cc(F)ccc1Br.NC=O.c1ccc(COCCc2ccc(Oc3ccccc3)cc2)cc1. The maximum Gasteiger partial charge on any atom is 0.249 e. The van der Waals surface area contributed by atoms with Crippen LogP contribution in [-0.4, -0.2) is 18.9 Å². The Kier molecular flexibility index (Phi) is 13.1. The van der Waals surface area contributed by atoms with Gasteiger partial charge >= 0.3 is 0 Å². The Bertz CT molecular complexity index is 1220. The van der Waals surface area contributed by atoms with E-state index in [2.05, 4.69) is 45.9 Å². The number of amides is 2. The smallest absolute Gasteiger partial charge is 0.249 e. The van der Waals surface area contributed by atoms with Crippen LogP contribution in [0.2, 0.25) is 0 Å². The predicted octanol–water partition coefficient (Wildman–Crippen LogP) is 6.03. The molecule has 192 valence electrons. The fraction of sp³-hybridized carbons (Fsp3) is 0.103. The minimum atomic E-state index is -0.642. The molecule has 0 aromatic heterocycles. The molecule has 6 nitrogen and oxygen atoms in total. The van der Waals surface area contributed by atoms with Crippen LogP contribution < -0.4 is 16.2 Å². The second-order valence-electron chi connectivity index (χ2n) is 7.47. The first-order valence-electron chi connectivity index (χ1n) is 11.3. The van der Waals surface area contributed by atoms with Gasteiger partial charge in [-0.15, -0.1) is 0 Å². The summed E-state index contributed by atoms with van der Waals surface area (Å²) in [5.41, 5.74) is 11.7. The van der Waals surface area contributed by atoms with Crippen LogP contribution in [-0.2, 0) is 22.6 Å². The lowest BCUT2D eigenvalue weighted by atomic mass is 10.1. The quantitative estimate of drug-likeness (QED) is 0.201. The summed E-state index contributed by atoms with van der Waals surface area (Å²) >= 11 is 3.06. The molecule has 0 atom stereocenters. The van der Waals surface area contributed by atoms with Gasteiger partial charge in [0.05, 0.1) is 18.8 Å². The summed E-state index contributed by atoms with van der Waals surface area (Å²) in [6, 6.07) is 32.0. The number of hydrogen-bond donors (Lipinski definition) is 2. The molecule has 0 heterocycles.